The molecule has 0 spiro atoms. The topological polar surface area (TPSA) is 31.4 Å². The molecule has 2 rings (SSSR count). The van der Waals surface area contributed by atoms with Gasteiger partial charge in [-0.25, -0.2) is 0 Å². The van der Waals surface area contributed by atoms with Gasteiger partial charge in [-0.2, -0.15) is 0 Å². The van der Waals surface area contributed by atoms with Gasteiger partial charge >= 0.3 is 92.6 Å². The maximum atomic E-state index is 5.41. The normalized spacial score (nSPS) is 19.1. The number of aromatic nitrogens is 1. The summed E-state index contributed by atoms with van der Waals surface area (Å²) in [6, 6.07) is 0. The predicted octanol–water partition coefficient (Wildman–Crippen LogP) is 1.73. The molecule has 0 atom stereocenters. The molecule has 78 valence electrons. The molecule has 1 aliphatic heterocycles. The Bertz CT molecular complexity index is 315. The van der Waals surface area contributed by atoms with Gasteiger partial charge < -0.3 is 0 Å². The molecule has 0 amide bonds. The summed E-state index contributed by atoms with van der Waals surface area (Å²) in [6.45, 7) is 1.39. The fraction of sp³-hybridized carbons (Fsp3) is 0.667. The van der Waals surface area contributed by atoms with Crippen molar-refractivity contribution in [1.29, 1.82) is 0 Å². The van der Waals surface area contributed by atoms with Gasteiger partial charge in [-0.15, -0.1) is 0 Å². The molecule has 3 nitrogen and oxygen atoms in total. The zero-order valence-corrected chi connectivity index (χ0v) is 12.4. The van der Waals surface area contributed by atoms with Gasteiger partial charge in [0.25, 0.3) is 0 Å². The summed E-state index contributed by atoms with van der Waals surface area (Å²) in [6.07, 6.45) is -0.192. The molecule has 0 saturated carbocycles. The zero-order valence-electron chi connectivity index (χ0n) is 8.74. The number of ether oxygens (including phenoxy) is 2. The van der Waals surface area contributed by atoms with Crippen LogP contribution in [0.15, 0.2) is 5.38 Å². The number of nitrogens with zero attached hydrogens (tertiary/aromatic N) is 1. The Hall–Kier alpha value is 0.349. The molecule has 0 aliphatic carbocycles. The quantitative estimate of drug-likeness (QED) is 0.778. The molecule has 0 N–H and O–H groups in total. The Balaban J connectivity index is 2.17. The van der Waals surface area contributed by atoms with Gasteiger partial charge in [0.2, 0.25) is 0 Å². The summed E-state index contributed by atoms with van der Waals surface area (Å²) >= 11 is -0.317. The molecule has 0 aromatic carbocycles. The molecule has 5 heteroatoms. The van der Waals surface area contributed by atoms with Crippen LogP contribution in [0.1, 0.15) is 11.3 Å². The van der Waals surface area contributed by atoms with E-state index < -0.39 is 18.4 Å². The van der Waals surface area contributed by atoms with Crippen LogP contribution in [0.3, 0.4) is 0 Å². The minimum atomic E-state index is -1.98. The average Bonchev–Trinajstić information content (AvgIpc) is 2.73. The van der Waals surface area contributed by atoms with Crippen molar-refractivity contribution < 1.29 is 9.47 Å². The molecule has 1 aromatic rings. The standard InChI is InChI=1S/C6H6NO2S.3CH3.Sn/c1-4-10-5(7-1)6-8-2-3-9-6;;;;/h4,6H,2-3H2;3*1H3;. The summed E-state index contributed by atoms with van der Waals surface area (Å²) in [4.78, 5) is 11.7. The third-order valence-electron chi connectivity index (χ3n) is 2.11. The zero-order chi connectivity index (χ0) is 10.2. The van der Waals surface area contributed by atoms with Crippen LogP contribution >= 0.6 is 11.3 Å². The number of thiazole rings is 1. The molecule has 1 fully saturated rings. The molecular formula is C9H15NO2SSn. The van der Waals surface area contributed by atoms with E-state index in [4.69, 9.17) is 9.47 Å². The second-order valence-electron chi connectivity index (χ2n) is 4.39. The summed E-state index contributed by atoms with van der Waals surface area (Å²) in [5, 5.41) is 3.17. The van der Waals surface area contributed by atoms with Gasteiger partial charge in [0.15, 0.2) is 0 Å². The molecule has 1 aromatic heterocycles. The first-order valence-corrected chi connectivity index (χ1v) is 15.6. The van der Waals surface area contributed by atoms with Crippen molar-refractivity contribution in [2.24, 2.45) is 0 Å². The van der Waals surface area contributed by atoms with Crippen LogP contribution in [-0.4, -0.2) is 36.6 Å². The molecule has 1 saturated heterocycles. The van der Waals surface area contributed by atoms with Crippen molar-refractivity contribution in [3.63, 3.8) is 0 Å². The van der Waals surface area contributed by atoms with Crippen LogP contribution in [0.5, 0.6) is 0 Å². The average molecular weight is 320 g/mol. The number of hydrogen-bond acceptors (Lipinski definition) is 4. The summed E-state index contributed by atoms with van der Waals surface area (Å²) in [7, 11) is 0. The Morgan fingerprint density at radius 3 is 2.50 bits per heavy atom. The fourth-order valence-corrected chi connectivity index (χ4v) is 7.34. The SMILES string of the molecule is [CH3][Sn]([CH3])([CH3])[c]1csc(C2OCCO2)n1. The fourth-order valence-electron chi connectivity index (χ4n) is 1.24. The van der Waals surface area contributed by atoms with Gasteiger partial charge in [-0.05, 0) is 0 Å². The Labute approximate surface area is 92.3 Å². The van der Waals surface area contributed by atoms with Crippen LogP contribution in [0.2, 0.25) is 14.8 Å². The van der Waals surface area contributed by atoms with Gasteiger partial charge in [-0.1, -0.05) is 0 Å². The summed E-state index contributed by atoms with van der Waals surface area (Å²) < 4.78 is 12.1. The van der Waals surface area contributed by atoms with Crippen LogP contribution in [-0.2, 0) is 9.47 Å². The molecule has 2 heterocycles. The first-order chi connectivity index (χ1) is 6.57. The van der Waals surface area contributed by atoms with E-state index in [-0.39, 0.29) is 6.29 Å². The monoisotopic (exact) mass is 321 g/mol. The maximum absolute atomic E-state index is 5.41. The van der Waals surface area contributed by atoms with Crippen LogP contribution in [0.25, 0.3) is 0 Å². The van der Waals surface area contributed by atoms with E-state index in [1.54, 1.807) is 11.3 Å². The summed E-state index contributed by atoms with van der Waals surface area (Å²) in [5.41, 5.74) is 0. The van der Waals surface area contributed by atoms with Crippen molar-refractivity contribution in [3.8, 4) is 0 Å². The first-order valence-electron chi connectivity index (χ1n) is 4.76. The van der Waals surface area contributed by atoms with Crippen molar-refractivity contribution in [3.05, 3.63) is 10.4 Å². The van der Waals surface area contributed by atoms with Gasteiger partial charge in [0.1, 0.15) is 0 Å². The molecular weight excluding hydrogens is 305 g/mol. The van der Waals surface area contributed by atoms with Crippen LogP contribution in [0, 0.1) is 0 Å². The molecule has 14 heavy (non-hydrogen) atoms. The van der Waals surface area contributed by atoms with E-state index in [9.17, 15) is 0 Å². The second kappa shape index (κ2) is 4.08. The summed E-state index contributed by atoms with van der Waals surface area (Å²) in [5.74, 6) is 0. The van der Waals surface area contributed by atoms with E-state index >= 15 is 0 Å². The molecule has 0 unspecified atom stereocenters. The van der Waals surface area contributed by atoms with Crippen LogP contribution in [0.4, 0.5) is 0 Å². The first kappa shape index (κ1) is 10.9. The number of hydrogen-bond donors (Lipinski definition) is 0. The van der Waals surface area contributed by atoms with Crippen molar-refractivity contribution in [2.45, 2.75) is 21.1 Å². The van der Waals surface area contributed by atoms with Gasteiger partial charge in [-0.3, -0.25) is 0 Å². The second-order valence-corrected chi connectivity index (χ2v) is 19.6. The van der Waals surface area contributed by atoms with E-state index in [1.807, 2.05) is 0 Å². The Morgan fingerprint density at radius 2 is 2.00 bits per heavy atom. The van der Waals surface area contributed by atoms with Crippen molar-refractivity contribution in [2.75, 3.05) is 13.2 Å². The molecule has 0 bridgehead atoms. The minimum absolute atomic E-state index is 0.192. The van der Waals surface area contributed by atoms with Crippen molar-refractivity contribution in [1.82, 2.24) is 4.98 Å². The molecule has 0 radical (unpaired) electrons. The van der Waals surface area contributed by atoms with E-state index in [0.29, 0.717) is 13.2 Å². The third-order valence-corrected chi connectivity index (χ3v) is 8.69. The van der Waals surface area contributed by atoms with E-state index in [1.165, 1.54) is 3.71 Å². The third kappa shape index (κ3) is 2.29. The Kier molecular flexibility index (Phi) is 3.16. The Morgan fingerprint density at radius 1 is 1.36 bits per heavy atom. The van der Waals surface area contributed by atoms with Gasteiger partial charge in [0.05, 0.1) is 0 Å². The molecule has 1 aliphatic rings. The van der Waals surface area contributed by atoms with E-state index in [2.05, 4.69) is 25.2 Å². The predicted molar refractivity (Wildman–Crippen MR) is 59.7 cm³/mol. The number of rotatable bonds is 2. The van der Waals surface area contributed by atoms with E-state index in [0.717, 1.165) is 5.01 Å². The van der Waals surface area contributed by atoms with Crippen molar-refractivity contribution >= 4 is 33.4 Å². The van der Waals surface area contributed by atoms with Gasteiger partial charge in [0, 0.05) is 0 Å². The van der Waals surface area contributed by atoms with Crippen LogP contribution < -0.4 is 3.71 Å².